The fourth-order valence-electron chi connectivity index (χ4n) is 13.2. The number of aromatic nitrogens is 2. The van der Waals surface area contributed by atoms with Crippen LogP contribution in [0.2, 0.25) is 0 Å². The Hall–Kier alpha value is -6.34. The lowest BCUT2D eigenvalue weighted by Gasteiger charge is -2.32. The number of halogens is 1. The maximum atomic E-state index is 12.4. The molecule has 382 valence electrons. The third kappa shape index (κ3) is 8.23. The molecular formula is C56H60BBrN8O8. The van der Waals surface area contributed by atoms with E-state index in [4.69, 9.17) is 36.9 Å². The van der Waals surface area contributed by atoms with Crippen molar-refractivity contribution in [2.24, 2.45) is 23.7 Å². The number of rotatable bonds is 8. The lowest BCUT2D eigenvalue weighted by atomic mass is 9.78. The number of anilines is 2. The number of pyridine rings is 2. The monoisotopic (exact) mass is 1060 g/mol. The number of amides is 4. The van der Waals surface area contributed by atoms with Crippen molar-refractivity contribution in [2.75, 3.05) is 22.9 Å². The number of cyclic esters (lactones) is 2. The summed E-state index contributed by atoms with van der Waals surface area (Å²) in [6.45, 7) is 26.9. The largest absolute Gasteiger partial charge is 0.494 e. The molecule has 18 heteroatoms. The van der Waals surface area contributed by atoms with Crippen molar-refractivity contribution < 1.29 is 38.0 Å². The summed E-state index contributed by atoms with van der Waals surface area (Å²) in [4.78, 5) is 67.7. The molecule has 7 fully saturated rings. The molecule has 3 saturated heterocycles. The van der Waals surface area contributed by atoms with Gasteiger partial charge in [-0.05, 0) is 141 Å². The van der Waals surface area contributed by atoms with Crippen LogP contribution < -0.4 is 25.9 Å². The van der Waals surface area contributed by atoms with Gasteiger partial charge >= 0.3 is 19.3 Å². The topological polar surface area (TPSA) is 170 Å². The molecule has 2 N–H and O–H groups in total. The van der Waals surface area contributed by atoms with Crippen LogP contribution >= 0.6 is 15.9 Å². The van der Waals surface area contributed by atoms with Crippen molar-refractivity contribution in [3.05, 3.63) is 123 Å². The molecule has 2 aromatic heterocycles. The van der Waals surface area contributed by atoms with Crippen LogP contribution in [0.25, 0.3) is 20.8 Å². The quantitative estimate of drug-likeness (QED) is 0.129. The van der Waals surface area contributed by atoms with Crippen molar-refractivity contribution in [1.29, 1.82) is 0 Å². The van der Waals surface area contributed by atoms with Gasteiger partial charge in [0.25, 0.3) is 11.1 Å². The normalized spacial score (nSPS) is 31.1. The Balaban J connectivity index is 0.000000127. The van der Waals surface area contributed by atoms with Gasteiger partial charge in [-0.3, -0.25) is 29.4 Å². The van der Waals surface area contributed by atoms with E-state index in [0.717, 1.165) is 67.8 Å². The molecule has 74 heavy (non-hydrogen) atoms. The first-order valence-corrected chi connectivity index (χ1v) is 26.7. The summed E-state index contributed by atoms with van der Waals surface area (Å²) >= 11 is 3.38. The van der Waals surface area contributed by atoms with E-state index in [0.29, 0.717) is 49.6 Å². The Bertz CT molecular complexity index is 2990. The molecule has 0 bridgehead atoms. The average Bonchev–Trinajstić information content (AvgIpc) is 3.98. The molecule has 2 unspecified atom stereocenters. The van der Waals surface area contributed by atoms with E-state index in [-0.39, 0.29) is 59.4 Å². The molecule has 4 saturated carbocycles. The molecule has 9 aliphatic rings. The van der Waals surface area contributed by atoms with Gasteiger partial charge in [-0.25, -0.2) is 22.7 Å². The molecule has 4 aliphatic carbocycles. The van der Waals surface area contributed by atoms with Crippen LogP contribution in [0.1, 0.15) is 103 Å². The standard InChI is InChI=1S/C25H24N4O3.C19H25BN2O5.C12H11BrN2/c1-14(30)27-13-22-21-11-17-10-15(6-8-20(17)29(21)24(31)32-22)16-7-9-23(28-12-16)25(26-2)18-4-3-5-19(18)25;1-11(23)21-10-16-15-9-12-8-13(6-7-14(12)22(15)17(24)25-16)20-26-18(2,3)19(4,5)27-20;1-14-12(9-3-2-4-10(9)12)11-6-5-8(13)7-15-11/h6-10,12,18-19,21-22H,3-5,11,13H2,1H3,(H,27,30);6-8,15-16H,9-10H2,1-5H3,(H,21,23);5-7,9-10H,2-4H2/t18-,19+,21-,22-,25?;15-,16-;9-,10+,12?/m00./s1. The zero-order valence-corrected chi connectivity index (χ0v) is 44.1. The van der Waals surface area contributed by atoms with Crippen molar-refractivity contribution >= 4 is 63.9 Å². The molecule has 4 amide bonds. The highest BCUT2D eigenvalue weighted by Gasteiger charge is 2.76. The maximum absolute atomic E-state index is 12.4. The van der Waals surface area contributed by atoms with Gasteiger partial charge in [0, 0.05) is 36.3 Å². The highest BCUT2D eigenvalue weighted by Crippen LogP contribution is 2.69. The molecule has 5 aliphatic heterocycles. The SMILES string of the molecule is CC(=O)NC[C@@H]1OC(=O)N2c3ccc(B4OC(C)(C)C(C)(C)O4)cc3C[C@@H]12.[C-]#[N+]C1(c2ccc(-c3ccc4c(c3)C[C@H]3[C@H](CNC(C)=O)OC(=O)N43)cn2)[C@@H]2CCC[C@@H]21.[C-]#[N+]C1(c2ccc(Br)cn2)[C@@H]2CCC[C@@H]21. The van der Waals surface area contributed by atoms with E-state index in [1.54, 1.807) is 16.0 Å². The second-order valence-electron chi connectivity index (χ2n) is 22.3. The van der Waals surface area contributed by atoms with Crippen molar-refractivity contribution in [3.8, 4) is 11.1 Å². The number of carbonyl (C=O) groups is 4. The summed E-state index contributed by atoms with van der Waals surface area (Å²) in [6.07, 6.45) is 10.9. The van der Waals surface area contributed by atoms with Crippen LogP contribution in [0.15, 0.2) is 77.5 Å². The van der Waals surface area contributed by atoms with Crippen molar-refractivity contribution in [1.82, 2.24) is 20.6 Å². The van der Waals surface area contributed by atoms with Gasteiger partial charge in [0.1, 0.15) is 23.6 Å². The minimum Gasteiger partial charge on any atom is -0.442 e. The van der Waals surface area contributed by atoms with E-state index in [2.05, 4.69) is 59.4 Å². The Morgan fingerprint density at radius 3 is 1.58 bits per heavy atom. The van der Waals surface area contributed by atoms with E-state index < -0.39 is 18.3 Å². The summed E-state index contributed by atoms with van der Waals surface area (Å²) in [5, 5.41) is 5.49. The zero-order chi connectivity index (χ0) is 52.1. The third-order valence-electron chi connectivity index (χ3n) is 17.7. The lowest BCUT2D eigenvalue weighted by Crippen LogP contribution is -2.41. The van der Waals surface area contributed by atoms with Gasteiger partial charge in [0.05, 0.1) is 71.4 Å². The molecular weight excluding hydrogens is 1000 g/mol. The zero-order valence-electron chi connectivity index (χ0n) is 42.5. The molecule has 10 atom stereocenters. The van der Waals surface area contributed by atoms with Crippen LogP contribution in [0, 0.1) is 36.8 Å². The van der Waals surface area contributed by atoms with Gasteiger partial charge in [-0.15, -0.1) is 0 Å². The van der Waals surface area contributed by atoms with Crippen LogP contribution in [0.5, 0.6) is 0 Å². The number of fused-ring (bicyclic) bond motifs is 8. The van der Waals surface area contributed by atoms with Crippen LogP contribution in [-0.4, -0.2) is 89.7 Å². The molecule has 0 spiro atoms. The molecule has 7 heterocycles. The van der Waals surface area contributed by atoms with Gasteiger partial charge < -0.3 is 39.1 Å². The van der Waals surface area contributed by atoms with Crippen molar-refractivity contribution in [2.45, 2.75) is 139 Å². The summed E-state index contributed by atoms with van der Waals surface area (Å²) < 4.78 is 24.2. The Morgan fingerprint density at radius 2 is 1.14 bits per heavy atom. The maximum Gasteiger partial charge on any atom is 0.494 e. The van der Waals surface area contributed by atoms with Crippen LogP contribution in [-0.2, 0) is 52.3 Å². The summed E-state index contributed by atoms with van der Waals surface area (Å²) in [5.74, 6) is 1.87. The number of nitrogens with one attached hydrogen (secondary N) is 2. The van der Waals surface area contributed by atoms with E-state index >= 15 is 0 Å². The first-order chi connectivity index (χ1) is 35.4. The smallest absolute Gasteiger partial charge is 0.442 e. The minimum atomic E-state index is -0.433. The minimum absolute atomic E-state index is 0.104. The van der Waals surface area contributed by atoms with E-state index in [1.807, 2.05) is 76.4 Å². The second-order valence-corrected chi connectivity index (χ2v) is 23.2. The number of carbonyl (C=O) groups excluding carboxylic acids is 4. The fourth-order valence-corrected chi connectivity index (χ4v) is 13.4. The predicted octanol–water partition coefficient (Wildman–Crippen LogP) is 8.44. The van der Waals surface area contributed by atoms with Gasteiger partial charge in [-0.1, -0.05) is 37.1 Å². The first kappa shape index (κ1) is 49.9. The number of nitrogens with zero attached hydrogens (tertiary/aromatic N) is 6. The summed E-state index contributed by atoms with van der Waals surface area (Å²) in [7, 11) is -0.433. The summed E-state index contributed by atoms with van der Waals surface area (Å²) in [6, 6.07) is 19.9. The van der Waals surface area contributed by atoms with Gasteiger partial charge in [0.15, 0.2) is 0 Å². The number of benzene rings is 2. The Morgan fingerprint density at radius 1 is 0.676 bits per heavy atom. The molecule has 2 aromatic carbocycles. The predicted molar refractivity (Wildman–Crippen MR) is 280 cm³/mol. The molecule has 4 aromatic rings. The van der Waals surface area contributed by atoms with Crippen LogP contribution in [0.4, 0.5) is 21.0 Å². The first-order valence-electron chi connectivity index (χ1n) is 25.9. The lowest BCUT2D eigenvalue weighted by molar-refractivity contribution is -0.120. The van der Waals surface area contributed by atoms with E-state index in [9.17, 15) is 19.2 Å². The van der Waals surface area contributed by atoms with Crippen molar-refractivity contribution in [3.63, 3.8) is 0 Å². The number of hydrogen-bond acceptors (Lipinski definition) is 10. The average molecular weight is 1060 g/mol. The van der Waals surface area contributed by atoms with Crippen LogP contribution in [0.3, 0.4) is 0 Å². The molecule has 0 radical (unpaired) electrons. The Labute approximate surface area is 440 Å². The number of ether oxygens (including phenoxy) is 2. The number of hydrogen-bond donors (Lipinski definition) is 2. The van der Waals surface area contributed by atoms with Gasteiger partial charge in [0.2, 0.25) is 11.8 Å². The Kier molecular flexibility index (Phi) is 12.5. The fraction of sp³-hybridized carbons (Fsp3) is 0.500. The third-order valence-corrected chi connectivity index (χ3v) is 18.2. The molecule has 13 rings (SSSR count). The highest BCUT2D eigenvalue weighted by molar-refractivity contribution is 9.10. The highest BCUT2D eigenvalue weighted by atomic mass is 79.9. The second kappa shape index (κ2) is 18.5. The summed E-state index contributed by atoms with van der Waals surface area (Å²) in [5.41, 5.74) is 7.34. The molecule has 16 nitrogen and oxygen atoms in total. The van der Waals surface area contributed by atoms with Gasteiger partial charge in [-0.2, -0.15) is 0 Å². The van der Waals surface area contributed by atoms with E-state index in [1.165, 1.54) is 39.5 Å².